The van der Waals surface area contributed by atoms with Crippen molar-refractivity contribution in [3.63, 3.8) is 0 Å². The fourth-order valence-electron chi connectivity index (χ4n) is 5.58. The molecule has 2 amide bonds. The van der Waals surface area contributed by atoms with Crippen molar-refractivity contribution in [3.05, 3.63) is 83.4 Å². The van der Waals surface area contributed by atoms with Gasteiger partial charge in [-0.15, -0.1) is 0 Å². The van der Waals surface area contributed by atoms with Gasteiger partial charge in [0.2, 0.25) is 5.91 Å². The molecule has 0 spiro atoms. The van der Waals surface area contributed by atoms with E-state index in [1.807, 2.05) is 119 Å². The monoisotopic (exact) mass is 666 g/mol. The molecule has 0 aliphatic carbocycles. The van der Waals surface area contributed by atoms with Crippen molar-refractivity contribution in [1.82, 2.24) is 20.4 Å². The van der Waals surface area contributed by atoms with Crippen LogP contribution in [0.25, 0.3) is 10.8 Å². The summed E-state index contributed by atoms with van der Waals surface area (Å²) in [6.07, 6.45) is 7.59. The average molecular weight is 667 g/mol. The van der Waals surface area contributed by atoms with E-state index in [-0.39, 0.29) is 23.9 Å². The second kappa shape index (κ2) is 26.1. The summed E-state index contributed by atoms with van der Waals surface area (Å²) in [6.45, 7) is 19.4. The van der Waals surface area contributed by atoms with Crippen LogP contribution in [0.15, 0.2) is 72.8 Å². The highest BCUT2D eigenvalue weighted by atomic mass is 35.5. The number of amides is 2. The van der Waals surface area contributed by atoms with E-state index < -0.39 is 0 Å². The summed E-state index contributed by atoms with van der Waals surface area (Å²) in [6, 6.07) is 23.2. The number of hydrogen-bond donors (Lipinski definition) is 2. The van der Waals surface area contributed by atoms with Crippen LogP contribution in [0.1, 0.15) is 104 Å². The predicted molar refractivity (Wildman–Crippen MR) is 204 cm³/mol. The normalized spacial score (nSPS) is 17.6. The zero-order valence-electron chi connectivity index (χ0n) is 30.4. The van der Waals surface area contributed by atoms with Crippen molar-refractivity contribution in [2.75, 3.05) is 39.3 Å². The third-order valence-electron chi connectivity index (χ3n) is 8.00. The van der Waals surface area contributed by atoms with E-state index in [9.17, 15) is 9.59 Å². The number of benzene rings is 3. The molecule has 2 saturated heterocycles. The lowest BCUT2D eigenvalue weighted by Gasteiger charge is -2.30. The van der Waals surface area contributed by atoms with Gasteiger partial charge >= 0.3 is 0 Å². The first-order chi connectivity index (χ1) is 23.0. The van der Waals surface area contributed by atoms with Crippen LogP contribution in [-0.2, 0) is 4.79 Å². The smallest absolute Gasteiger partial charge is 0.251 e. The van der Waals surface area contributed by atoms with Crippen LogP contribution in [-0.4, -0.2) is 73.0 Å². The van der Waals surface area contributed by atoms with Crippen LogP contribution in [0.2, 0.25) is 5.02 Å². The lowest BCUT2D eigenvalue weighted by atomic mass is 10.1. The lowest BCUT2D eigenvalue weighted by Crippen LogP contribution is -2.50. The number of likely N-dealkylation sites (tertiary alicyclic amines) is 1. The number of carbonyl (C=O) groups excluding carboxylic acids is 2. The van der Waals surface area contributed by atoms with Crippen LogP contribution < -0.4 is 10.6 Å². The van der Waals surface area contributed by atoms with E-state index in [1.54, 1.807) is 0 Å². The minimum absolute atomic E-state index is 0.0696. The molecule has 6 nitrogen and oxygen atoms in total. The van der Waals surface area contributed by atoms with Crippen molar-refractivity contribution in [1.29, 1.82) is 0 Å². The molecule has 3 aromatic carbocycles. The topological polar surface area (TPSA) is 64.7 Å². The van der Waals surface area contributed by atoms with E-state index >= 15 is 0 Å². The third-order valence-corrected chi connectivity index (χ3v) is 8.23. The Morgan fingerprint density at radius 3 is 2.04 bits per heavy atom. The Morgan fingerprint density at radius 1 is 0.830 bits per heavy atom. The van der Waals surface area contributed by atoms with E-state index in [4.69, 9.17) is 11.6 Å². The van der Waals surface area contributed by atoms with Crippen LogP contribution >= 0.6 is 11.6 Å². The molecule has 262 valence electrons. The standard InChI is InChI=1S/C28H39ClN4O2.C6H6.3C2H6/c1-2-3-15-33-17-11-25(31-26(28(33)35)12-16-32-13-5-4-6-14-32)20-30-27(34)23-8-7-22-19-24(29)10-9-21(22)18-23;1-2-4-6-5-3-1;3*1-2/h7-10,18-19,25-26,31H,2-6,11-17,20H2,1H3,(H,30,34);1-6H;3*1-2H3/t25-,26-;;;;/m0..../s1. The zero-order chi connectivity index (χ0) is 34.9. The summed E-state index contributed by atoms with van der Waals surface area (Å²) < 4.78 is 0. The van der Waals surface area contributed by atoms with E-state index in [0.717, 1.165) is 69.2 Å². The summed E-state index contributed by atoms with van der Waals surface area (Å²) in [4.78, 5) is 30.8. The van der Waals surface area contributed by atoms with Gasteiger partial charge in [0.15, 0.2) is 0 Å². The molecule has 3 aromatic rings. The van der Waals surface area contributed by atoms with Crippen molar-refractivity contribution in [3.8, 4) is 0 Å². The molecule has 7 heteroatoms. The number of piperidine rings is 1. The Bertz CT molecular complexity index is 1210. The van der Waals surface area contributed by atoms with Gasteiger partial charge in [-0.1, -0.05) is 121 Å². The van der Waals surface area contributed by atoms with Gasteiger partial charge in [-0.2, -0.15) is 0 Å². The highest BCUT2D eigenvalue weighted by molar-refractivity contribution is 6.31. The average Bonchev–Trinajstić information content (AvgIpc) is 3.30. The Balaban J connectivity index is 0.000000794. The van der Waals surface area contributed by atoms with E-state index in [1.165, 1.54) is 19.3 Å². The molecule has 0 saturated carbocycles. The number of fused-ring (bicyclic) bond motifs is 1. The Labute approximate surface area is 291 Å². The molecule has 2 atom stereocenters. The number of unbranched alkanes of at least 4 members (excludes halogenated alkanes) is 1. The van der Waals surface area contributed by atoms with Gasteiger partial charge in [0.25, 0.3) is 5.91 Å². The van der Waals surface area contributed by atoms with Gasteiger partial charge in [0, 0.05) is 42.8 Å². The first kappa shape index (κ1) is 42.1. The first-order valence-corrected chi connectivity index (χ1v) is 18.7. The highest BCUT2D eigenvalue weighted by Gasteiger charge is 2.31. The fraction of sp³-hybridized carbons (Fsp3) is 0.550. The van der Waals surface area contributed by atoms with Gasteiger partial charge in [0.1, 0.15) is 0 Å². The number of hydrogen-bond acceptors (Lipinski definition) is 4. The van der Waals surface area contributed by atoms with Crippen molar-refractivity contribution in [2.45, 2.75) is 105 Å². The SMILES string of the molecule is CC.CC.CC.CCCCN1CC[C@@H](CNC(=O)c2ccc3cc(Cl)ccc3c2)N[C@@H](CCN2CCCCC2)C1=O.c1ccccc1. The Hall–Kier alpha value is -2.93. The van der Waals surface area contributed by atoms with Gasteiger partial charge in [-0.3, -0.25) is 9.59 Å². The minimum Gasteiger partial charge on any atom is -0.350 e. The zero-order valence-corrected chi connectivity index (χ0v) is 31.1. The third kappa shape index (κ3) is 15.7. The molecule has 0 bridgehead atoms. The van der Waals surface area contributed by atoms with Crippen LogP contribution in [0.4, 0.5) is 0 Å². The number of rotatable bonds is 9. The summed E-state index contributed by atoms with van der Waals surface area (Å²) in [5, 5.41) is 9.40. The second-order valence-corrected chi connectivity index (χ2v) is 11.6. The molecule has 0 radical (unpaired) electrons. The molecule has 2 fully saturated rings. The molecule has 0 unspecified atom stereocenters. The highest BCUT2D eigenvalue weighted by Crippen LogP contribution is 2.21. The first-order valence-electron chi connectivity index (χ1n) is 18.3. The Morgan fingerprint density at radius 2 is 1.43 bits per heavy atom. The van der Waals surface area contributed by atoms with Gasteiger partial charge in [0.05, 0.1) is 6.04 Å². The number of nitrogens with zero attached hydrogens (tertiary/aromatic N) is 2. The van der Waals surface area contributed by atoms with Gasteiger partial charge < -0.3 is 20.4 Å². The molecule has 0 aromatic heterocycles. The predicted octanol–water partition coefficient (Wildman–Crippen LogP) is 9.22. The van der Waals surface area contributed by atoms with Crippen LogP contribution in [0.5, 0.6) is 0 Å². The molecule has 2 heterocycles. The largest absolute Gasteiger partial charge is 0.350 e. The summed E-state index contributed by atoms with van der Waals surface area (Å²) in [7, 11) is 0. The van der Waals surface area contributed by atoms with Crippen LogP contribution in [0, 0.1) is 0 Å². The summed E-state index contributed by atoms with van der Waals surface area (Å²) in [5.41, 5.74) is 0.635. The summed E-state index contributed by atoms with van der Waals surface area (Å²) >= 11 is 6.08. The molecule has 2 N–H and O–H groups in total. The molecule has 2 aliphatic rings. The van der Waals surface area contributed by atoms with Crippen LogP contribution in [0.3, 0.4) is 0 Å². The molecule has 2 aliphatic heterocycles. The minimum atomic E-state index is -0.191. The molecular weight excluding hydrogens is 604 g/mol. The van der Waals surface area contributed by atoms with Crippen molar-refractivity contribution in [2.24, 2.45) is 0 Å². The second-order valence-electron chi connectivity index (χ2n) is 11.1. The lowest BCUT2D eigenvalue weighted by molar-refractivity contribution is -0.133. The maximum Gasteiger partial charge on any atom is 0.251 e. The van der Waals surface area contributed by atoms with Gasteiger partial charge in [-0.05, 0) is 80.2 Å². The molecular formula is C40H63ClN4O2. The Kier molecular flexibility index (Phi) is 23.4. The van der Waals surface area contributed by atoms with Crippen molar-refractivity contribution >= 4 is 34.2 Å². The van der Waals surface area contributed by atoms with E-state index in [0.29, 0.717) is 17.1 Å². The number of nitrogens with one attached hydrogen (secondary N) is 2. The number of halogens is 1. The quantitative estimate of drug-likeness (QED) is 0.239. The van der Waals surface area contributed by atoms with E-state index in [2.05, 4.69) is 22.5 Å². The van der Waals surface area contributed by atoms with Crippen molar-refractivity contribution < 1.29 is 9.59 Å². The maximum atomic E-state index is 13.3. The maximum absolute atomic E-state index is 13.3. The fourth-order valence-corrected chi connectivity index (χ4v) is 5.76. The number of carbonyl (C=O) groups is 2. The van der Waals surface area contributed by atoms with Gasteiger partial charge in [-0.25, -0.2) is 0 Å². The molecule has 47 heavy (non-hydrogen) atoms. The molecule has 5 rings (SSSR count). The summed E-state index contributed by atoms with van der Waals surface area (Å²) in [5.74, 6) is 0.129.